The molecule has 1 amide bonds. The predicted octanol–water partition coefficient (Wildman–Crippen LogP) is 0.233. The molecule has 0 spiro atoms. The molecular formula is C10H20N2O2. The largest absolute Gasteiger partial charge is 0.374 e. The van der Waals surface area contributed by atoms with Gasteiger partial charge in [-0.05, 0) is 20.0 Å². The van der Waals surface area contributed by atoms with Crippen LogP contribution in [0.5, 0.6) is 0 Å². The molecule has 82 valence electrons. The standard InChI is InChI=1S/C10H20N2O2/c1-3-10(13)12-6-7-14-9(8-12)4-5-11-2/h9,11H,3-8H2,1-2H3. The average molecular weight is 200 g/mol. The molecule has 0 aliphatic carbocycles. The van der Waals surface area contributed by atoms with Gasteiger partial charge in [0.25, 0.3) is 0 Å². The SMILES string of the molecule is CCC(=O)N1CCOC(CCNC)C1. The quantitative estimate of drug-likeness (QED) is 0.706. The van der Waals surface area contributed by atoms with Gasteiger partial charge in [-0.15, -0.1) is 0 Å². The van der Waals surface area contributed by atoms with E-state index in [0.717, 1.165) is 26.1 Å². The highest BCUT2D eigenvalue weighted by Crippen LogP contribution is 2.09. The number of hydrogen-bond donors (Lipinski definition) is 1. The monoisotopic (exact) mass is 200 g/mol. The van der Waals surface area contributed by atoms with Gasteiger partial charge in [0.2, 0.25) is 5.91 Å². The third kappa shape index (κ3) is 3.27. The Labute approximate surface area is 85.6 Å². The Bertz CT molecular complexity index is 185. The number of rotatable bonds is 4. The van der Waals surface area contributed by atoms with Gasteiger partial charge in [-0.25, -0.2) is 0 Å². The van der Waals surface area contributed by atoms with E-state index < -0.39 is 0 Å². The van der Waals surface area contributed by atoms with Crippen LogP contribution >= 0.6 is 0 Å². The number of carbonyl (C=O) groups is 1. The lowest BCUT2D eigenvalue weighted by Crippen LogP contribution is -2.46. The van der Waals surface area contributed by atoms with E-state index >= 15 is 0 Å². The highest BCUT2D eigenvalue weighted by molar-refractivity contribution is 5.75. The molecule has 0 saturated carbocycles. The maximum absolute atomic E-state index is 11.4. The number of hydrogen-bond acceptors (Lipinski definition) is 3. The molecule has 1 saturated heterocycles. The number of morpholine rings is 1. The molecule has 0 radical (unpaired) electrons. The van der Waals surface area contributed by atoms with Crippen LogP contribution in [-0.2, 0) is 9.53 Å². The van der Waals surface area contributed by atoms with Crippen molar-refractivity contribution in [2.24, 2.45) is 0 Å². The Morgan fingerprint density at radius 1 is 1.64 bits per heavy atom. The Kier molecular flexibility index (Phi) is 4.90. The van der Waals surface area contributed by atoms with Crippen molar-refractivity contribution in [2.75, 3.05) is 33.3 Å². The lowest BCUT2D eigenvalue weighted by molar-refractivity contribution is -0.138. The van der Waals surface area contributed by atoms with Crippen LogP contribution in [0.4, 0.5) is 0 Å². The van der Waals surface area contributed by atoms with Gasteiger partial charge in [-0.1, -0.05) is 6.92 Å². The summed E-state index contributed by atoms with van der Waals surface area (Å²) in [6.45, 7) is 5.04. The zero-order chi connectivity index (χ0) is 10.4. The van der Waals surface area contributed by atoms with E-state index in [0.29, 0.717) is 13.0 Å². The molecule has 1 atom stereocenters. The Hall–Kier alpha value is -0.610. The summed E-state index contributed by atoms with van der Waals surface area (Å²) in [5.41, 5.74) is 0. The fourth-order valence-corrected chi connectivity index (χ4v) is 1.65. The Balaban J connectivity index is 2.31. The van der Waals surface area contributed by atoms with Gasteiger partial charge in [0.15, 0.2) is 0 Å². The van der Waals surface area contributed by atoms with E-state index in [9.17, 15) is 4.79 Å². The molecule has 4 nitrogen and oxygen atoms in total. The van der Waals surface area contributed by atoms with Gasteiger partial charge in [0.05, 0.1) is 12.7 Å². The Morgan fingerprint density at radius 2 is 2.43 bits per heavy atom. The second-order valence-electron chi connectivity index (χ2n) is 3.58. The normalized spacial score (nSPS) is 22.4. The highest BCUT2D eigenvalue weighted by atomic mass is 16.5. The molecule has 1 rings (SSSR count). The summed E-state index contributed by atoms with van der Waals surface area (Å²) in [4.78, 5) is 13.3. The van der Waals surface area contributed by atoms with Gasteiger partial charge in [0.1, 0.15) is 0 Å². The van der Waals surface area contributed by atoms with Crippen LogP contribution in [0.3, 0.4) is 0 Å². The number of amides is 1. The first-order chi connectivity index (χ1) is 6.77. The van der Waals surface area contributed by atoms with Crippen molar-refractivity contribution in [1.82, 2.24) is 10.2 Å². The summed E-state index contributed by atoms with van der Waals surface area (Å²) >= 11 is 0. The summed E-state index contributed by atoms with van der Waals surface area (Å²) in [5, 5.41) is 3.09. The van der Waals surface area contributed by atoms with Crippen molar-refractivity contribution in [2.45, 2.75) is 25.9 Å². The van der Waals surface area contributed by atoms with Gasteiger partial charge in [-0.3, -0.25) is 4.79 Å². The van der Waals surface area contributed by atoms with Crippen molar-refractivity contribution in [3.05, 3.63) is 0 Å². The zero-order valence-corrected chi connectivity index (χ0v) is 9.08. The summed E-state index contributed by atoms with van der Waals surface area (Å²) < 4.78 is 5.57. The van der Waals surface area contributed by atoms with Crippen LogP contribution in [0.25, 0.3) is 0 Å². The summed E-state index contributed by atoms with van der Waals surface area (Å²) in [6, 6.07) is 0. The Morgan fingerprint density at radius 3 is 3.07 bits per heavy atom. The molecule has 0 aromatic carbocycles. The molecule has 1 heterocycles. The van der Waals surface area contributed by atoms with Gasteiger partial charge < -0.3 is 15.0 Å². The van der Waals surface area contributed by atoms with Crippen molar-refractivity contribution in [3.8, 4) is 0 Å². The van der Waals surface area contributed by atoms with Crippen LogP contribution in [0, 0.1) is 0 Å². The molecule has 14 heavy (non-hydrogen) atoms. The van der Waals surface area contributed by atoms with Gasteiger partial charge in [0, 0.05) is 19.5 Å². The summed E-state index contributed by atoms with van der Waals surface area (Å²) in [6.07, 6.45) is 1.79. The maximum atomic E-state index is 11.4. The third-order valence-electron chi connectivity index (χ3n) is 2.51. The van der Waals surface area contributed by atoms with E-state index in [4.69, 9.17) is 4.74 Å². The van der Waals surface area contributed by atoms with Crippen LogP contribution in [0.15, 0.2) is 0 Å². The number of nitrogens with one attached hydrogen (secondary N) is 1. The minimum atomic E-state index is 0.215. The van der Waals surface area contributed by atoms with E-state index in [1.165, 1.54) is 0 Å². The number of carbonyl (C=O) groups excluding carboxylic acids is 1. The fraction of sp³-hybridized carbons (Fsp3) is 0.900. The number of ether oxygens (including phenoxy) is 1. The molecule has 0 aromatic heterocycles. The molecule has 1 aliphatic rings. The maximum Gasteiger partial charge on any atom is 0.222 e. The molecule has 1 aliphatic heterocycles. The molecule has 0 bridgehead atoms. The minimum absolute atomic E-state index is 0.215. The second kappa shape index (κ2) is 5.98. The van der Waals surface area contributed by atoms with E-state index in [1.807, 2.05) is 18.9 Å². The van der Waals surface area contributed by atoms with Gasteiger partial charge >= 0.3 is 0 Å². The first-order valence-corrected chi connectivity index (χ1v) is 5.32. The molecule has 1 fully saturated rings. The van der Waals surface area contributed by atoms with Crippen molar-refractivity contribution in [3.63, 3.8) is 0 Å². The van der Waals surface area contributed by atoms with Crippen LogP contribution in [-0.4, -0.2) is 50.2 Å². The van der Waals surface area contributed by atoms with E-state index in [2.05, 4.69) is 5.32 Å². The van der Waals surface area contributed by atoms with Crippen molar-refractivity contribution < 1.29 is 9.53 Å². The zero-order valence-electron chi connectivity index (χ0n) is 9.08. The molecule has 0 aromatic rings. The molecule has 1 unspecified atom stereocenters. The molecule has 4 heteroatoms. The van der Waals surface area contributed by atoms with Crippen LogP contribution < -0.4 is 5.32 Å². The fourth-order valence-electron chi connectivity index (χ4n) is 1.65. The lowest BCUT2D eigenvalue weighted by Gasteiger charge is -2.32. The van der Waals surface area contributed by atoms with Crippen molar-refractivity contribution >= 4 is 5.91 Å². The lowest BCUT2D eigenvalue weighted by atomic mass is 10.2. The highest BCUT2D eigenvalue weighted by Gasteiger charge is 2.22. The van der Waals surface area contributed by atoms with Crippen molar-refractivity contribution in [1.29, 1.82) is 0 Å². The molecular weight excluding hydrogens is 180 g/mol. The number of nitrogens with zero attached hydrogens (tertiary/aromatic N) is 1. The van der Waals surface area contributed by atoms with Crippen LogP contribution in [0.1, 0.15) is 19.8 Å². The van der Waals surface area contributed by atoms with E-state index in [-0.39, 0.29) is 12.0 Å². The summed E-state index contributed by atoms with van der Waals surface area (Å²) in [5.74, 6) is 0.239. The predicted molar refractivity (Wildman–Crippen MR) is 55.2 cm³/mol. The van der Waals surface area contributed by atoms with Crippen LogP contribution in [0.2, 0.25) is 0 Å². The minimum Gasteiger partial charge on any atom is -0.374 e. The van der Waals surface area contributed by atoms with Gasteiger partial charge in [-0.2, -0.15) is 0 Å². The molecule has 1 N–H and O–H groups in total. The first-order valence-electron chi connectivity index (χ1n) is 5.32. The second-order valence-corrected chi connectivity index (χ2v) is 3.58. The van der Waals surface area contributed by atoms with E-state index in [1.54, 1.807) is 0 Å². The topological polar surface area (TPSA) is 41.6 Å². The summed E-state index contributed by atoms with van der Waals surface area (Å²) in [7, 11) is 1.93. The third-order valence-corrected chi connectivity index (χ3v) is 2.51. The average Bonchev–Trinajstić information content (AvgIpc) is 2.25. The smallest absolute Gasteiger partial charge is 0.222 e. The first kappa shape index (κ1) is 11.5.